The molecule has 0 saturated carbocycles. The van der Waals surface area contributed by atoms with Crippen molar-refractivity contribution in [3.63, 3.8) is 0 Å². The fourth-order valence-electron chi connectivity index (χ4n) is 2.72. The van der Waals surface area contributed by atoms with Crippen LogP contribution in [0, 0.1) is 0 Å². The number of nitrogens with zero attached hydrogens (tertiary/aromatic N) is 7. The van der Waals surface area contributed by atoms with Gasteiger partial charge in [-0.3, -0.25) is 9.36 Å². The molecule has 25 heavy (non-hydrogen) atoms. The highest BCUT2D eigenvalue weighted by atomic mass is 35.5. The molecule has 0 saturated heterocycles. The summed E-state index contributed by atoms with van der Waals surface area (Å²) in [5, 5.41) is 17.5. The molecule has 1 N–H and O–H groups in total. The van der Waals surface area contributed by atoms with Crippen LogP contribution in [0.4, 0.5) is 0 Å². The zero-order chi connectivity index (χ0) is 17.6. The molecule has 0 aliphatic carbocycles. The molecule has 4 heterocycles. The van der Waals surface area contributed by atoms with Gasteiger partial charge in [0.05, 0.1) is 11.6 Å². The summed E-state index contributed by atoms with van der Waals surface area (Å²) in [7, 11) is 1.55. The number of carbonyl (C=O) groups excluding carboxylic acids is 1. The number of halogens is 1. The molecule has 0 aliphatic rings. The second kappa shape index (κ2) is 5.78. The van der Waals surface area contributed by atoms with Crippen molar-refractivity contribution in [3.05, 3.63) is 35.8 Å². The Balaban J connectivity index is 1.98. The summed E-state index contributed by atoms with van der Waals surface area (Å²) in [5.41, 5.74) is 1.01. The maximum atomic E-state index is 11.7. The summed E-state index contributed by atoms with van der Waals surface area (Å²) in [6.07, 6.45) is 6.48. The number of fused-ring (bicyclic) bond motifs is 3. The lowest BCUT2D eigenvalue weighted by Crippen LogP contribution is -2.18. The van der Waals surface area contributed by atoms with Gasteiger partial charge in [0.25, 0.3) is 5.91 Å². The molecule has 0 aromatic carbocycles. The van der Waals surface area contributed by atoms with Gasteiger partial charge in [-0.25, -0.2) is 14.6 Å². The van der Waals surface area contributed by atoms with Gasteiger partial charge in [-0.1, -0.05) is 11.6 Å². The molecule has 0 atom stereocenters. The Bertz CT molecular complexity index is 1120. The molecule has 0 bridgehead atoms. The standard InChI is InChI=1S/C15H13ClN8O/c1-3-24-13-9(5-20-24)11-8(4-18-13)14(22-21-12(11)16)23-6-10(19-7-23)15(25)17-2/h4-7H,3H2,1-2H3,(H,17,25). The Morgan fingerprint density at radius 3 is 2.84 bits per heavy atom. The first-order valence-electron chi connectivity index (χ1n) is 7.57. The van der Waals surface area contributed by atoms with E-state index in [0.717, 1.165) is 11.0 Å². The minimum atomic E-state index is -0.283. The Morgan fingerprint density at radius 1 is 1.24 bits per heavy atom. The molecule has 4 aromatic rings. The summed E-state index contributed by atoms with van der Waals surface area (Å²) in [6.45, 7) is 2.68. The number of aryl methyl sites for hydroxylation is 1. The second-order valence-electron chi connectivity index (χ2n) is 5.30. The minimum Gasteiger partial charge on any atom is -0.354 e. The smallest absolute Gasteiger partial charge is 0.271 e. The van der Waals surface area contributed by atoms with Gasteiger partial charge in [0.15, 0.2) is 16.6 Å². The molecule has 0 spiro atoms. The van der Waals surface area contributed by atoms with Crippen LogP contribution < -0.4 is 5.32 Å². The lowest BCUT2D eigenvalue weighted by molar-refractivity contribution is 0.0958. The molecular formula is C15H13ClN8O. The van der Waals surface area contributed by atoms with Gasteiger partial charge in [-0.15, -0.1) is 10.2 Å². The minimum absolute atomic E-state index is 0.272. The summed E-state index contributed by atoms with van der Waals surface area (Å²) in [4.78, 5) is 20.3. The number of nitrogens with one attached hydrogen (secondary N) is 1. The van der Waals surface area contributed by atoms with Crippen molar-refractivity contribution >= 4 is 39.3 Å². The Hall–Kier alpha value is -3.07. The van der Waals surface area contributed by atoms with Gasteiger partial charge < -0.3 is 5.32 Å². The van der Waals surface area contributed by atoms with E-state index >= 15 is 0 Å². The van der Waals surface area contributed by atoms with E-state index in [-0.39, 0.29) is 16.8 Å². The van der Waals surface area contributed by atoms with Crippen molar-refractivity contribution in [1.82, 2.24) is 39.8 Å². The molecule has 9 nitrogen and oxygen atoms in total. The number of hydrogen-bond donors (Lipinski definition) is 1. The first kappa shape index (κ1) is 15.5. The van der Waals surface area contributed by atoms with Crippen LogP contribution in [0.5, 0.6) is 0 Å². The molecule has 1 amide bonds. The quantitative estimate of drug-likeness (QED) is 0.598. The monoisotopic (exact) mass is 356 g/mol. The van der Waals surface area contributed by atoms with E-state index in [1.54, 1.807) is 34.9 Å². The van der Waals surface area contributed by atoms with E-state index in [1.165, 1.54) is 6.33 Å². The number of imidazole rings is 1. The second-order valence-corrected chi connectivity index (χ2v) is 5.66. The van der Waals surface area contributed by atoms with E-state index in [4.69, 9.17) is 11.6 Å². The van der Waals surface area contributed by atoms with Crippen LogP contribution in [-0.4, -0.2) is 47.5 Å². The van der Waals surface area contributed by atoms with Crippen LogP contribution in [0.1, 0.15) is 17.4 Å². The highest BCUT2D eigenvalue weighted by Gasteiger charge is 2.17. The predicted octanol–water partition coefficient (Wildman–Crippen LogP) is 1.59. The van der Waals surface area contributed by atoms with Crippen molar-refractivity contribution < 1.29 is 4.79 Å². The van der Waals surface area contributed by atoms with Crippen LogP contribution in [0.15, 0.2) is 24.9 Å². The van der Waals surface area contributed by atoms with Crippen LogP contribution in [0.2, 0.25) is 5.15 Å². The maximum absolute atomic E-state index is 11.7. The molecule has 0 fully saturated rings. The molecule has 0 radical (unpaired) electrons. The number of hydrogen-bond acceptors (Lipinski definition) is 6. The first-order valence-corrected chi connectivity index (χ1v) is 7.94. The normalized spacial score (nSPS) is 11.3. The molecule has 126 valence electrons. The zero-order valence-corrected chi connectivity index (χ0v) is 14.2. The molecule has 0 aliphatic heterocycles. The van der Waals surface area contributed by atoms with Crippen molar-refractivity contribution in [1.29, 1.82) is 0 Å². The molecule has 10 heteroatoms. The molecular weight excluding hydrogens is 344 g/mol. The highest BCUT2D eigenvalue weighted by molar-refractivity contribution is 6.36. The van der Waals surface area contributed by atoms with Gasteiger partial charge in [0.1, 0.15) is 12.0 Å². The van der Waals surface area contributed by atoms with Crippen LogP contribution in [-0.2, 0) is 6.54 Å². The predicted molar refractivity (Wildman–Crippen MR) is 91.8 cm³/mol. The third kappa shape index (κ3) is 2.31. The van der Waals surface area contributed by atoms with Gasteiger partial charge in [-0.2, -0.15) is 5.10 Å². The topological polar surface area (TPSA) is 103 Å². The van der Waals surface area contributed by atoms with Crippen molar-refractivity contribution in [2.24, 2.45) is 0 Å². The van der Waals surface area contributed by atoms with Crippen LogP contribution >= 0.6 is 11.6 Å². The molecule has 4 aromatic heterocycles. The average Bonchev–Trinajstić information content (AvgIpc) is 3.28. The maximum Gasteiger partial charge on any atom is 0.271 e. The fourth-order valence-corrected chi connectivity index (χ4v) is 2.96. The van der Waals surface area contributed by atoms with E-state index in [2.05, 4.69) is 30.6 Å². The van der Waals surface area contributed by atoms with Gasteiger partial charge in [-0.05, 0) is 6.92 Å². The SMILES string of the molecule is CCn1ncc2c3c(Cl)nnc(-n4cnc(C(=O)NC)c4)c3cnc21. The lowest BCUT2D eigenvalue weighted by atomic mass is 10.2. The summed E-state index contributed by atoms with van der Waals surface area (Å²) in [5.74, 6) is 0.204. The number of aromatic nitrogens is 7. The number of amides is 1. The lowest BCUT2D eigenvalue weighted by Gasteiger charge is -2.07. The van der Waals surface area contributed by atoms with E-state index in [9.17, 15) is 4.79 Å². The Morgan fingerprint density at radius 2 is 2.08 bits per heavy atom. The number of carbonyl (C=O) groups is 1. The van der Waals surface area contributed by atoms with Crippen LogP contribution in [0.3, 0.4) is 0 Å². The first-order chi connectivity index (χ1) is 12.1. The third-order valence-electron chi connectivity index (χ3n) is 3.93. The van der Waals surface area contributed by atoms with Gasteiger partial charge in [0.2, 0.25) is 0 Å². The number of pyridine rings is 1. The Labute approximate surface area is 146 Å². The third-order valence-corrected chi connectivity index (χ3v) is 4.20. The van der Waals surface area contributed by atoms with Gasteiger partial charge >= 0.3 is 0 Å². The van der Waals surface area contributed by atoms with E-state index in [0.29, 0.717) is 23.1 Å². The van der Waals surface area contributed by atoms with E-state index in [1.807, 2.05) is 6.92 Å². The van der Waals surface area contributed by atoms with Crippen molar-refractivity contribution in [2.45, 2.75) is 13.5 Å². The van der Waals surface area contributed by atoms with Crippen LogP contribution in [0.25, 0.3) is 27.6 Å². The van der Waals surface area contributed by atoms with Crippen molar-refractivity contribution in [3.8, 4) is 5.82 Å². The Kier molecular flexibility index (Phi) is 3.57. The zero-order valence-electron chi connectivity index (χ0n) is 13.4. The van der Waals surface area contributed by atoms with E-state index < -0.39 is 0 Å². The van der Waals surface area contributed by atoms with Gasteiger partial charge in [0, 0.05) is 36.8 Å². The average molecular weight is 357 g/mol. The molecule has 4 rings (SSSR count). The highest BCUT2D eigenvalue weighted by Crippen LogP contribution is 2.31. The fraction of sp³-hybridized carbons (Fsp3) is 0.200. The summed E-state index contributed by atoms with van der Waals surface area (Å²) >= 11 is 6.30. The number of rotatable bonds is 3. The molecule has 0 unspecified atom stereocenters. The summed E-state index contributed by atoms with van der Waals surface area (Å²) < 4.78 is 3.40. The van der Waals surface area contributed by atoms with Crippen molar-refractivity contribution in [2.75, 3.05) is 7.05 Å². The summed E-state index contributed by atoms with van der Waals surface area (Å²) in [6, 6.07) is 0. The largest absolute Gasteiger partial charge is 0.354 e.